The molecule has 0 radical (unpaired) electrons. The second-order valence-corrected chi connectivity index (χ2v) is 5.24. The van der Waals surface area contributed by atoms with Gasteiger partial charge in [0.2, 0.25) is 0 Å². The third-order valence-electron chi connectivity index (χ3n) is 3.61. The number of amides is 2. The van der Waals surface area contributed by atoms with E-state index in [0.29, 0.717) is 6.42 Å². The topological polar surface area (TPSA) is 61.4 Å². The standard InChI is InChI=1S/C15H17F3N2O2/c1-9-12(15(16,17)18)3-2-4-13(9)20-14(22)19-11-6-5-10(7-11)8-21/h2-6,10-11,21H,7-8H2,1H3,(H2,19,20,22)/t10-,11+/m0/s1. The van der Waals surface area contributed by atoms with E-state index < -0.39 is 17.8 Å². The van der Waals surface area contributed by atoms with Crippen LogP contribution in [0.3, 0.4) is 0 Å². The average Bonchev–Trinajstić information content (AvgIpc) is 2.87. The van der Waals surface area contributed by atoms with E-state index in [1.807, 2.05) is 0 Å². The summed E-state index contributed by atoms with van der Waals surface area (Å²) in [6.45, 7) is 1.32. The Morgan fingerprint density at radius 2 is 2.09 bits per heavy atom. The van der Waals surface area contributed by atoms with E-state index >= 15 is 0 Å². The Morgan fingerprint density at radius 1 is 1.36 bits per heavy atom. The molecule has 2 amide bonds. The van der Waals surface area contributed by atoms with Gasteiger partial charge in [-0.15, -0.1) is 0 Å². The molecule has 1 aromatic rings. The molecule has 0 saturated heterocycles. The van der Waals surface area contributed by atoms with Crippen molar-refractivity contribution in [2.75, 3.05) is 11.9 Å². The van der Waals surface area contributed by atoms with Crippen molar-refractivity contribution in [3.8, 4) is 0 Å². The van der Waals surface area contributed by atoms with E-state index in [9.17, 15) is 18.0 Å². The molecule has 0 aliphatic heterocycles. The van der Waals surface area contributed by atoms with Crippen LogP contribution in [0.25, 0.3) is 0 Å². The fourth-order valence-corrected chi connectivity index (χ4v) is 2.42. The smallest absolute Gasteiger partial charge is 0.396 e. The molecule has 1 aromatic carbocycles. The lowest BCUT2D eigenvalue weighted by Gasteiger charge is -2.17. The number of aliphatic hydroxyl groups is 1. The number of hydrogen-bond acceptors (Lipinski definition) is 2. The van der Waals surface area contributed by atoms with Crippen LogP contribution in [0.2, 0.25) is 0 Å². The van der Waals surface area contributed by atoms with Crippen molar-refractivity contribution in [2.24, 2.45) is 5.92 Å². The van der Waals surface area contributed by atoms with Crippen molar-refractivity contribution in [2.45, 2.75) is 25.6 Å². The molecule has 2 rings (SSSR count). The van der Waals surface area contributed by atoms with E-state index in [1.54, 1.807) is 12.2 Å². The highest BCUT2D eigenvalue weighted by Crippen LogP contribution is 2.34. The van der Waals surface area contributed by atoms with Crippen LogP contribution in [0, 0.1) is 12.8 Å². The molecular formula is C15H17F3N2O2. The van der Waals surface area contributed by atoms with Crippen molar-refractivity contribution in [1.29, 1.82) is 0 Å². The lowest BCUT2D eigenvalue weighted by Crippen LogP contribution is -2.36. The van der Waals surface area contributed by atoms with E-state index in [4.69, 9.17) is 5.11 Å². The van der Waals surface area contributed by atoms with Crippen molar-refractivity contribution < 1.29 is 23.1 Å². The summed E-state index contributed by atoms with van der Waals surface area (Å²) in [4.78, 5) is 11.9. The van der Waals surface area contributed by atoms with Crippen molar-refractivity contribution in [3.63, 3.8) is 0 Å². The van der Waals surface area contributed by atoms with Gasteiger partial charge in [0.15, 0.2) is 0 Å². The molecule has 0 unspecified atom stereocenters. The van der Waals surface area contributed by atoms with Gasteiger partial charge < -0.3 is 15.7 Å². The highest BCUT2D eigenvalue weighted by Gasteiger charge is 2.33. The summed E-state index contributed by atoms with van der Waals surface area (Å²) in [5.74, 6) is 0.000549. The lowest BCUT2D eigenvalue weighted by atomic mass is 10.1. The summed E-state index contributed by atoms with van der Waals surface area (Å²) in [5.41, 5.74) is -0.681. The Labute approximate surface area is 126 Å². The van der Waals surface area contributed by atoms with Crippen LogP contribution >= 0.6 is 0 Å². The Hall–Kier alpha value is -2.02. The van der Waals surface area contributed by atoms with Gasteiger partial charge >= 0.3 is 12.2 Å². The summed E-state index contributed by atoms with van der Waals surface area (Å²) in [5, 5.41) is 14.1. The monoisotopic (exact) mass is 314 g/mol. The van der Waals surface area contributed by atoms with Crippen molar-refractivity contribution >= 4 is 11.7 Å². The van der Waals surface area contributed by atoms with Gasteiger partial charge in [0.25, 0.3) is 0 Å². The first-order valence-electron chi connectivity index (χ1n) is 6.84. The number of benzene rings is 1. The molecule has 0 saturated carbocycles. The quantitative estimate of drug-likeness (QED) is 0.751. The molecule has 7 heteroatoms. The Morgan fingerprint density at radius 3 is 2.68 bits per heavy atom. The molecule has 120 valence electrons. The minimum atomic E-state index is -4.46. The first kappa shape index (κ1) is 16.4. The molecule has 0 heterocycles. The van der Waals surface area contributed by atoms with Crippen LogP contribution in [0.4, 0.5) is 23.7 Å². The van der Waals surface area contributed by atoms with Gasteiger partial charge in [-0.25, -0.2) is 4.79 Å². The van der Waals surface area contributed by atoms with E-state index in [1.165, 1.54) is 19.1 Å². The summed E-state index contributed by atoms with van der Waals surface area (Å²) in [6, 6.07) is 2.84. The number of carbonyl (C=O) groups is 1. The van der Waals surface area contributed by atoms with Crippen LogP contribution < -0.4 is 10.6 Å². The molecule has 22 heavy (non-hydrogen) atoms. The maximum absolute atomic E-state index is 12.8. The van der Waals surface area contributed by atoms with E-state index in [0.717, 1.165) is 6.07 Å². The lowest BCUT2D eigenvalue weighted by molar-refractivity contribution is -0.138. The summed E-state index contributed by atoms with van der Waals surface area (Å²) in [6.07, 6.45) is -0.313. The SMILES string of the molecule is Cc1c(NC(=O)N[C@@H]2C=C[C@H](CO)C2)cccc1C(F)(F)F. The minimum Gasteiger partial charge on any atom is -0.396 e. The van der Waals surface area contributed by atoms with E-state index in [-0.39, 0.29) is 29.8 Å². The van der Waals surface area contributed by atoms with Gasteiger partial charge in [-0.1, -0.05) is 18.2 Å². The van der Waals surface area contributed by atoms with Gasteiger partial charge in [-0.05, 0) is 31.0 Å². The second kappa shape index (κ2) is 6.39. The minimum absolute atomic E-state index is 0.000549. The molecule has 2 atom stereocenters. The van der Waals surface area contributed by atoms with Crippen molar-refractivity contribution in [3.05, 3.63) is 41.5 Å². The number of halogens is 3. The van der Waals surface area contributed by atoms with Crippen LogP contribution in [0.5, 0.6) is 0 Å². The highest BCUT2D eigenvalue weighted by molar-refractivity contribution is 5.90. The first-order valence-corrected chi connectivity index (χ1v) is 6.84. The number of nitrogens with one attached hydrogen (secondary N) is 2. The third kappa shape index (κ3) is 3.79. The number of hydrogen-bond donors (Lipinski definition) is 3. The zero-order chi connectivity index (χ0) is 16.3. The molecule has 1 aliphatic carbocycles. The van der Waals surface area contributed by atoms with Gasteiger partial charge in [-0.2, -0.15) is 13.2 Å². The Bertz CT molecular complexity index is 585. The zero-order valence-electron chi connectivity index (χ0n) is 11.9. The summed E-state index contributed by atoms with van der Waals surface area (Å²) < 4.78 is 38.4. The number of aliphatic hydroxyl groups excluding tert-OH is 1. The number of rotatable bonds is 3. The fraction of sp³-hybridized carbons (Fsp3) is 0.400. The second-order valence-electron chi connectivity index (χ2n) is 5.24. The van der Waals surface area contributed by atoms with Gasteiger partial charge in [-0.3, -0.25) is 0 Å². The number of urea groups is 1. The molecule has 0 fully saturated rings. The number of carbonyl (C=O) groups excluding carboxylic acids is 1. The van der Waals surface area contributed by atoms with Crippen LogP contribution in [0.1, 0.15) is 17.5 Å². The molecule has 3 N–H and O–H groups in total. The summed E-state index contributed by atoms with van der Waals surface area (Å²) >= 11 is 0. The van der Waals surface area contributed by atoms with Crippen LogP contribution in [-0.4, -0.2) is 23.8 Å². The van der Waals surface area contributed by atoms with Gasteiger partial charge in [0.05, 0.1) is 5.56 Å². The number of alkyl halides is 3. The third-order valence-corrected chi connectivity index (χ3v) is 3.61. The first-order chi connectivity index (χ1) is 10.3. The van der Waals surface area contributed by atoms with E-state index in [2.05, 4.69) is 10.6 Å². The zero-order valence-corrected chi connectivity index (χ0v) is 11.9. The largest absolute Gasteiger partial charge is 0.416 e. The molecular weight excluding hydrogens is 297 g/mol. The molecule has 0 bridgehead atoms. The fourth-order valence-electron chi connectivity index (χ4n) is 2.42. The molecule has 0 aromatic heterocycles. The Balaban J connectivity index is 2.02. The normalized spacial score (nSPS) is 21.0. The predicted octanol–water partition coefficient (Wildman–Crippen LogP) is 3.07. The highest BCUT2D eigenvalue weighted by atomic mass is 19.4. The molecule has 4 nitrogen and oxygen atoms in total. The Kier molecular flexibility index (Phi) is 4.75. The van der Waals surface area contributed by atoms with Crippen molar-refractivity contribution in [1.82, 2.24) is 5.32 Å². The van der Waals surface area contributed by atoms with Gasteiger partial charge in [0.1, 0.15) is 0 Å². The maximum Gasteiger partial charge on any atom is 0.416 e. The number of anilines is 1. The maximum atomic E-state index is 12.8. The summed E-state index contributed by atoms with van der Waals surface area (Å²) in [7, 11) is 0. The molecule has 0 spiro atoms. The molecule has 1 aliphatic rings. The average molecular weight is 314 g/mol. The van der Waals surface area contributed by atoms with Crippen LogP contribution in [-0.2, 0) is 6.18 Å². The van der Waals surface area contributed by atoms with Crippen LogP contribution in [0.15, 0.2) is 30.4 Å². The van der Waals surface area contributed by atoms with Gasteiger partial charge in [0, 0.05) is 24.3 Å². The predicted molar refractivity (Wildman–Crippen MR) is 76.5 cm³/mol.